The van der Waals surface area contributed by atoms with Crippen molar-refractivity contribution < 1.29 is 14.7 Å². The number of amides is 1. The quantitative estimate of drug-likeness (QED) is 0.865. The second kappa shape index (κ2) is 5.89. The van der Waals surface area contributed by atoms with Crippen LogP contribution in [0.5, 0.6) is 0 Å². The number of likely N-dealkylation sites (tertiary alicyclic amines) is 1. The van der Waals surface area contributed by atoms with E-state index in [1.807, 2.05) is 0 Å². The van der Waals surface area contributed by atoms with Gasteiger partial charge in [-0.3, -0.25) is 4.79 Å². The zero-order valence-electron chi connectivity index (χ0n) is 10.3. The molecule has 1 aliphatic rings. The van der Waals surface area contributed by atoms with Crippen LogP contribution in [0.1, 0.15) is 18.4 Å². The molecule has 1 amide bonds. The lowest BCUT2D eigenvalue weighted by Gasteiger charge is -2.19. The van der Waals surface area contributed by atoms with Crippen molar-refractivity contribution in [1.29, 1.82) is 0 Å². The Morgan fingerprint density at radius 2 is 2.00 bits per heavy atom. The van der Waals surface area contributed by atoms with Crippen LogP contribution in [0.3, 0.4) is 0 Å². The molecule has 1 aromatic carbocycles. The van der Waals surface area contributed by atoms with Crippen LogP contribution in [0, 0.1) is 0 Å². The third-order valence-corrected chi connectivity index (χ3v) is 3.36. The summed E-state index contributed by atoms with van der Waals surface area (Å²) in [5.41, 5.74) is 0.851. The molecule has 0 aromatic heterocycles. The van der Waals surface area contributed by atoms with E-state index in [9.17, 15) is 9.59 Å². The van der Waals surface area contributed by atoms with E-state index in [2.05, 4.69) is 0 Å². The Labute approximate surface area is 116 Å². The smallest absolute Gasteiger partial charge is 0.326 e. The van der Waals surface area contributed by atoms with Gasteiger partial charge < -0.3 is 10.0 Å². The molecule has 0 spiro atoms. The molecule has 1 atom stereocenters. The largest absolute Gasteiger partial charge is 0.480 e. The zero-order valence-corrected chi connectivity index (χ0v) is 11.0. The summed E-state index contributed by atoms with van der Waals surface area (Å²) in [4.78, 5) is 24.3. The summed E-state index contributed by atoms with van der Waals surface area (Å²) in [5.74, 6) is -1.20. The molecule has 1 N–H and O–H groups in total. The van der Waals surface area contributed by atoms with Crippen molar-refractivity contribution in [2.45, 2.75) is 18.9 Å². The van der Waals surface area contributed by atoms with Gasteiger partial charge in [0.15, 0.2) is 0 Å². The molecule has 0 radical (unpaired) electrons. The average Bonchev–Trinajstić information content (AvgIpc) is 2.87. The minimum absolute atomic E-state index is 0.264. The minimum atomic E-state index is -0.939. The lowest BCUT2D eigenvalue weighted by molar-refractivity contribution is -0.146. The molecule has 1 saturated heterocycles. The number of carbonyl (C=O) groups excluding carboxylic acids is 1. The van der Waals surface area contributed by atoms with E-state index in [1.54, 1.807) is 30.3 Å². The van der Waals surface area contributed by atoms with E-state index in [1.165, 1.54) is 11.0 Å². The number of rotatable bonds is 3. The number of hydrogen-bond donors (Lipinski definition) is 1. The highest BCUT2D eigenvalue weighted by molar-refractivity contribution is 6.30. The van der Waals surface area contributed by atoms with Gasteiger partial charge in [0.05, 0.1) is 0 Å². The molecule has 5 heteroatoms. The van der Waals surface area contributed by atoms with Crippen LogP contribution in [-0.2, 0) is 9.59 Å². The molecule has 2 rings (SSSR count). The van der Waals surface area contributed by atoms with Gasteiger partial charge in [0, 0.05) is 17.6 Å². The summed E-state index contributed by atoms with van der Waals surface area (Å²) in [6.07, 6.45) is 4.33. The fourth-order valence-electron chi connectivity index (χ4n) is 2.12. The standard InChI is InChI=1S/C14H14ClNO3/c15-11-6-3-10(4-7-11)5-8-13(17)16-9-1-2-12(16)14(18)19/h3-8,12H,1-2,9H2,(H,18,19)/b8-5-. The van der Waals surface area contributed by atoms with Crippen LogP contribution in [-0.4, -0.2) is 34.5 Å². The van der Waals surface area contributed by atoms with Gasteiger partial charge in [-0.05, 0) is 36.6 Å². The number of nitrogens with zero attached hydrogens (tertiary/aromatic N) is 1. The number of halogens is 1. The number of aliphatic carboxylic acids is 1. The van der Waals surface area contributed by atoms with Gasteiger partial charge in [0.25, 0.3) is 0 Å². The molecule has 1 aromatic rings. The SMILES string of the molecule is O=C(O)C1CCCN1C(=O)/C=C\c1ccc(Cl)cc1. The number of carboxylic acids is 1. The molecular weight excluding hydrogens is 266 g/mol. The first-order valence-electron chi connectivity index (χ1n) is 6.05. The zero-order chi connectivity index (χ0) is 13.8. The third-order valence-electron chi connectivity index (χ3n) is 3.11. The maximum absolute atomic E-state index is 12.0. The number of benzene rings is 1. The summed E-state index contributed by atoms with van der Waals surface area (Å²) in [5, 5.41) is 9.65. The Bertz CT molecular complexity index is 510. The number of carbonyl (C=O) groups is 2. The van der Waals surface area contributed by atoms with Crippen LogP contribution in [0.15, 0.2) is 30.3 Å². The molecule has 1 aliphatic heterocycles. The van der Waals surface area contributed by atoms with Gasteiger partial charge in [0.2, 0.25) is 5.91 Å². The van der Waals surface area contributed by atoms with E-state index >= 15 is 0 Å². The highest BCUT2D eigenvalue weighted by Crippen LogP contribution is 2.18. The molecule has 100 valence electrons. The number of carboxylic acid groups (broad SMARTS) is 1. The lowest BCUT2D eigenvalue weighted by Crippen LogP contribution is -2.39. The highest BCUT2D eigenvalue weighted by atomic mass is 35.5. The summed E-state index contributed by atoms with van der Waals surface area (Å²) >= 11 is 5.77. The van der Waals surface area contributed by atoms with Crippen molar-refractivity contribution in [3.63, 3.8) is 0 Å². The second-order valence-corrected chi connectivity index (χ2v) is 4.85. The predicted octanol–water partition coefficient (Wildman–Crippen LogP) is 2.43. The normalized spacial score (nSPS) is 19.0. The average molecular weight is 280 g/mol. The van der Waals surface area contributed by atoms with Gasteiger partial charge in [-0.15, -0.1) is 0 Å². The molecule has 1 unspecified atom stereocenters. The maximum Gasteiger partial charge on any atom is 0.326 e. The van der Waals surface area contributed by atoms with Gasteiger partial charge in [-0.2, -0.15) is 0 Å². The molecular formula is C14H14ClNO3. The van der Waals surface area contributed by atoms with Crippen molar-refractivity contribution in [2.24, 2.45) is 0 Å². The van der Waals surface area contributed by atoms with E-state index in [4.69, 9.17) is 16.7 Å². The second-order valence-electron chi connectivity index (χ2n) is 4.41. The Morgan fingerprint density at radius 1 is 1.32 bits per heavy atom. The predicted molar refractivity (Wildman–Crippen MR) is 72.9 cm³/mol. The highest BCUT2D eigenvalue weighted by Gasteiger charge is 2.32. The topological polar surface area (TPSA) is 57.6 Å². The summed E-state index contributed by atoms with van der Waals surface area (Å²) < 4.78 is 0. The van der Waals surface area contributed by atoms with Gasteiger partial charge in [-0.1, -0.05) is 23.7 Å². The minimum Gasteiger partial charge on any atom is -0.480 e. The Morgan fingerprint density at radius 3 is 2.63 bits per heavy atom. The molecule has 0 aliphatic carbocycles. The summed E-state index contributed by atoms with van der Waals surface area (Å²) in [6.45, 7) is 0.501. The monoisotopic (exact) mass is 279 g/mol. The molecule has 4 nitrogen and oxygen atoms in total. The maximum atomic E-state index is 12.0. The van der Waals surface area contributed by atoms with E-state index in [0.29, 0.717) is 18.0 Å². The van der Waals surface area contributed by atoms with Crippen LogP contribution in [0.25, 0.3) is 6.08 Å². The lowest BCUT2D eigenvalue weighted by atomic mass is 10.2. The van der Waals surface area contributed by atoms with E-state index < -0.39 is 12.0 Å². The van der Waals surface area contributed by atoms with Crippen LogP contribution in [0.4, 0.5) is 0 Å². The molecule has 19 heavy (non-hydrogen) atoms. The van der Waals surface area contributed by atoms with Crippen molar-refractivity contribution in [2.75, 3.05) is 6.54 Å². The van der Waals surface area contributed by atoms with Crippen molar-refractivity contribution in [1.82, 2.24) is 4.90 Å². The Kier molecular flexibility index (Phi) is 4.22. The van der Waals surface area contributed by atoms with E-state index in [0.717, 1.165) is 12.0 Å². The van der Waals surface area contributed by atoms with Gasteiger partial charge >= 0.3 is 5.97 Å². The molecule has 1 heterocycles. The van der Waals surface area contributed by atoms with Crippen LogP contribution in [0.2, 0.25) is 5.02 Å². The molecule has 0 bridgehead atoms. The summed E-state index contributed by atoms with van der Waals surface area (Å²) in [6, 6.07) is 6.38. The van der Waals surface area contributed by atoms with Crippen molar-refractivity contribution in [3.8, 4) is 0 Å². The van der Waals surface area contributed by atoms with E-state index in [-0.39, 0.29) is 5.91 Å². The molecule has 0 saturated carbocycles. The number of hydrogen-bond acceptors (Lipinski definition) is 2. The van der Waals surface area contributed by atoms with Gasteiger partial charge in [-0.25, -0.2) is 4.79 Å². The fourth-order valence-corrected chi connectivity index (χ4v) is 2.25. The first-order chi connectivity index (χ1) is 9.08. The first kappa shape index (κ1) is 13.6. The Balaban J connectivity index is 2.04. The molecule has 1 fully saturated rings. The summed E-state index contributed by atoms with van der Waals surface area (Å²) in [7, 11) is 0. The Hall–Kier alpha value is -1.81. The van der Waals surface area contributed by atoms with Crippen LogP contribution < -0.4 is 0 Å². The van der Waals surface area contributed by atoms with Crippen molar-refractivity contribution >= 4 is 29.6 Å². The fraction of sp³-hybridized carbons (Fsp3) is 0.286. The van der Waals surface area contributed by atoms with Crippen LogP contribution >= 0.6 is 11.6 Å². The first-order valence-corrected chi connectivity index (χ1v) is 6.43. The van der Waals surface area contributed by atoms with Crippen molar-refractivity contribution in [3.05, 3.63) is 40.9 Å². The van der Waals surface area contributed by atoms with Gasteiger partial charge in [0.1, 0.15) is 6.04 Å². The third kappa shape index (κ3) is 3.35.